The molecule has 1 saturated heterocycles. The Labute approximate surface area is 190 Å². The average Bonchev–Trinajstić information content (AvgIpc) is 2.81. The summed E-state index contributed by atoms with van der Waals surface area (Å²) < 4.78 is 11.9. The van der Waals surface area contributed by atoms with Crippen molar-refractivity contribution in [1.29, 1.82) is 0 Å². The highest BCUT2D eigenvalue weighted by atomic mass is 16.5. The lowest BCUT2D eigenvalue weighted by Crippen LogP contribution is -2.24. The van der Waals surface area contributed by atoms with Gasteiger partial charge in [0.05, 0.1) is 11.7 Å². The molecule has 0 spiro atoms. The third-order valence-corrected chi connectivity index (χ3v) is 7.41. The normalized spacial score (nSPS) is 26.5. The van der Waals surface area contributed by atoms with Crippen molar-refractivity contribution >= 4 is 5.97 Å². The highest BCUT2D eigenvalue weighted by Crippen LogP contribution is 2.35. The highest BCUT2D eigenvalue weighted by molar-refractivity contribution is 5.89. The molecule has 1 aliphatic heterocycles. The second kappa shape index (κ2) is 13.3. The molecular weight excluding hydrogens is 384 g/mol. The van der Waals surface area contributed by atoms with Crippen LogP contribution in [0.5, 0.6) is 0 Å². The minimum absolute atomic E-state index is 0.0974. The van der Waals surface area contributed by atoms with Crippen molar-refractivity contribution in [3.63, 3.8) is 0 Å². The van der Waals surface area contributed by atoms with Gasteiger partial charge in [-0.3, -0.25) is 0 Å². The number of unbranched alkanes of at least 4 members (excludes halogenated alkanes) is 4. The molecule has 0 bridgehead atoms. The molecular formula is C28H44O3. The van der Waals surface area contributed by atoms with E-state index >= 15 is 0 Å². The zero-order valence-corrected chi connectivity index (χ0v) is 20.0. The van der Waals surface area contributed by atoms with E-state index in [0.717, 1.165) is 37.7 Å². The summed E-state index contributed by atoms with van der Waals surface area (Å²) in [5.74, 6) is 1.44. The number of ether oxygens (including phenoxy) is 2. The van der Waals surface area contributed by atoms with Gasteiger partial charge in [0.2, 0.25) is 0 Å². The maximum Gasteiger partial charge on any atom is 0.338 e. The Morgan fingerprint density at radius 2 is 1.52 bits per heavy atom. The van der Waals surface area contributed by atoms with E-state index in [0.29, 0.717) is 5.56 Å². The molecule has 0 radical (unpaired) electrons. The van der Waals surface area contributed by atoms with E-state index in [4.69, 9.17) is 9.47 Å². The molecule has 31 heavy (non-hydrogen) atoms. The third-order valence-electron chi connectivity index (χ3n) is 7.41. The molecule has 2 atom stereocenters. The average molecular weight is 429 g/mol. The topological polar surface area (TPSA) is 35.5 Å². The van der Waals surface area contributed by atoms with Crippen molar-refractivity contribution in [3.05, 3.63) is 35.4 Å². The van der Waals surface area contributed by atoms with Gasteiger partial charge in [0.25, 0.3) is 0 Å². The van der Waals surface area contributed by atoms with Crippen LogP contribution in [0.15, 0.2) is 24.3 Å². The van der Waals surface area contributed by atoms with Crippen molar-refractivity contribution in [2.75, 3.05) is 6.61 Å². The summed E-state index contributed by atoms with van der Waals surface area (Å²) in [6, 6.07) is 8.00. The molecule has 1 heterocycles. The standard InChI is InChI=1S/C28H44O3/c1-3-5-7-9-22-11-17-26(18-12-22)31-28(29)25-15-13-24(14-16-25)27-21-23(19-20-30-27)10-8-6-4-2/h13-16,22-23,26-27H,3-12,17-21H2,1-2H3. The van der Waals surface area contributed by atoms with E-state index in [1.807, 2.05) is 12.1 Å². The van der Waals surface area contributed by atoms with Gasteiger partial charge in [0.15, 0.2) is 0 Å². The lowest BCUT2D eigenvalue weighted by molar-refractivity contribution is -0.0125. The van der Waals surface area contributed by atoms with Gasteiger partial charge in [0, 0.05) is 6.61 Å². The second-order valence-electron chi connectivity index (χ2n) is 9.91. The Balaban J connectivity index is 1.43. The molecule has 1 aromatic rings. The van der Waals surface area contributed by atoms with E-state index in [1.165, 1.54) is 76.2 Å². The van der Waals surface area contributed by atoms with Crippen LogP contribution >= 0.6 is 0 Å². The van der Waals surface area contributed by atoms with Crippen molar-refractivity contribution in [2.24, 2.45) is 11.8 Å². The third kappa shape index (κ3) is 7.93. The van der Waals surface area contributed by atoms with Crippen molar-refractivity contribution in [1.82, 2.24) is 0 Å². The van der Waals surface area contributed by atoms with E-state index in [2.05, 4.69) is 26.0 Å². The summed E-state index contributed by atoms with van der Waals surface area (Å²) >= 11 is 0. The molecule has 0 amide bonds. The Bertz CT molecular complexity index is 630. The van der Waals surface area contributed by atoms with Crippen LogP contribution in [0.1, 0.15) is 126 Å². The lowest BCUT2D eigenvalue weighted by atomic mass is 9.84. The molecule has 3 heteroatoms. The van der Waals surface area contributed by atoms with E-state index in [-0.39, 0.29) is 18.2 Å². The number of rotatable bonds is 11. The van der Waals surface area contributed by atoms with Gasteiger partial charge in [-0.1, -0.05) is 77.3 Å². The zero-order valence-electron chi connectivity index (χ0n) is 20.0. The zero-order chi connectivity index (χ0) is 21.9. The monoisotopic (exact) mass is 428 g/mol. The summed E-state index contributed by atoms with van der Waals surface area (Å²) in [6.07, 6.45) is 17.6. The molecule has 1 aliphatic carbocycles. The number of carbonyl (C=O) groups is 1. The number of carbonyl (C=O) groups excluding carboxylic acids is 1. The molecule has 3 nitrogen and oxygen atoms in total. The van der Waals surface area contributed by atoms with Crippen LogP contribution in [0, 0.1) is 11.8 Å². The van der Waals surface area contributed by atoms with Crippen molar-refractivity contribution in [2.45, 2.75) is 116 Å². The van der Waals surface area contributed by atoms with Gasteiger partial charge in [-0.2, -0.15) is 0 Å². The quantitative estimate of drug-likeness (QED) is 0.264. The van der Waals surface area contributed by atoms with E-state index in [9.17, 15) is 4.79 Å². The van der Waals surface area contributed by atoms with Gasteiger partial charge >= 0.3 is 5.97 Å². The molecule has 174 valence electrons. The first-order valence-corrected chi connectivity index (χ1v) is 13.1. The van der Waals surface area contributed by atoms with Crippen LogP contribution < -0.4 is 0 Å². The molecule has 3 rings (SSSR count). The minimum atomic E-state index is -0.164. The molecule has 0 aromatic heterocycles. The van der Waals surface area contributed by atoms with Crippen LogP contribution in [-0.4, -0.2) is 18.7 Å². The fourth-order valence-electron chi connectivity index (χ4n) is 5.32. The smallest absolute Gasteiger partial charge is 0.338 e. The Morgan fingerprint density at radius 3 is 2.16 bits per heavy atom. The molecule has 2 unspecified atom stereocenters. The Kier molecular flexibility index (Phi) is 10.4. The summed E-state index contributed by atoms with van der Waals surface area (Å²) in [5.41, 5.74) is 1.87. The summed E-state index contributed by atoms with van der Waals surface area (Å²) in [6.45, 7) is 5.38. The number of benzene rings is 1. The maximum absolute atomic E-state index is 12.6. The van der Waals surface area contributed by atoms with Crippen LogP contribution in [0.2, 0.25) is 0 Å². The van der Waals surface area contributed by atoms with Gasteiger partial charge in [0.1, 0.15) is 6.10 Å². The van der Waals surface area contributed by atoms with Gasteiger partial charge in [-0.15, -0.1) is 0 Å². The second-order valence-corrected chi connectivity index (χ2v) is 9.91. The predicted molar refractivity (Wildman–Crippen MR) is 127 cm³/mol. The fraction of sp³-hybridized carbons (Fsp3) is 0.750. The van der Waals surface area contributed by atoms with Crippen molar-refractivity contribution in [3.8, 4) is 0 Å². The molecule has 2 fully saturated rings. The minimum Gasteiger partial charge on any atom is -0.459 e. The van der Waals surface area contributed by atoms with E-state index in [1.54, 1.807) is 0 Å². The van der Waals surface area contributed by atoms with Gasteiger partial charge in [-0.25, -0.2) is 4.79 Å². The first-order chi connectivity index (χ1) is 15.2. The number of hydrogen-bond acceptors (Lipinski definition) is 3. The Hall–Kier alpha value is -1.35. The van der Waals surface area contributed by atoms with Gasteiger partial charge < -0.3 is 9.47 Å². The molecule has 1 saturated carbocycles. The van der Waals surface area contributed by atoms with Gasteiger partial charge in [-0.05, 0) is 68.1 Å². The molecule has 1 aromatic carbocycles. The van der Waals surface area contributed by atoms with Crippen molar-refractivity contribution < 1.29 is 14.3 Å². The van der Waals surface area contributed by atoms with Crippen LogP contribution in [0.25, 0.3) is 0 Å². The maximum atomic E-state index is 12.6. The predicted octanol–water partition coefficient (Wildman–Crippen LogP) is 8.03. The number of esters is 1. The van der Waals surface area contributed by atoms with Crippen LogP contribution in [0.4, 0.5) is 0 Å². The first-order valence-electron chi connectivity index (χ1n) is 13.1. The number of hydrogen-bond donors (Lipinski definition) is 0. The lowest BCUT2D eigenvalue weighted by Gasteiger charge is -2.30. The summed E-state index contributed by atoms with van der Waals surface area (Å²) in [7, 11) is 0. The first kappa shape index (κ1) is 24.3. The summed E-state index contributed by atoms with van der Waals surface area (Å²) in [4.78, 5) is 12.6. The highest BCUT2D eigenvalue weighted by Gasteiger charge is 2.26. The largest absolute Gasteiger partial charge is 0.459 e. The Morgan fingerprint density at radius 1 is 0.871 bits per heavy atom. The van der Waals surface area contributed by atoms with E-state index < -0.39 is 0 Å². The fourth-order valence-corrected chi connectivity index (χ4v) is 5.32. The van der Waals surface area contributed by atoms with Crippen LogP contribution in [-0.2, 0) is 9.47 Å². The molecule has 2 aliphatic rings. The summed E-state index contributed by atoms with van der Waals surface area (Å²) in [5, 5.41) is 0. The SMILES string of the molecule is CCCCCC1CCC(OC(=O)c2ccc(C3CC(CCCCC)CCO3)cc2)CC1. The molecule has 0 N–H and O–H groups in total. The van der Waals surface area contributed by atoms with Crippen LogP contribution in [0.3, 0.4) is 0 Å².